The van der Waals surface area contributed by atoms with Gasteiger partial charge in [-0.25, -0.2) is 0 Å². The number of ether oxygens (including phenoxy) is 3. The topological polar surface area (TPSA) is 138 Å². The van der Waals surface area contributed by atoms with Crippen LogP contribution in [0.4, 0.5) is 0 Å². The summed E-state index contributed by atoms with van der Waals surface area (Å²) in [6.45, 7) is 1.00. The van der Waals surface area contributed by atoms with Crippen LogP contribution in [0.3, 0.4) is 0 Å². The first kappa shape index (κ1) is 27.9. The molecule has 5 rings (SSSR count). The first-order valence-electron chi connectivity index (χ1n) is 14.1. The van der Waals surface area contributed by atoms with Gasteiger partial charge in [-0.15, -0.1) is 0 Å². The highest BCUT2D eigenvalue weighted by Gasteiger charge is 2.52. The van der Waals surface area contributed by atoms with Crippen LogP contribution in [-0.2, 0) is 20.9 Å². The Morgan fingerprint density at radius 2 is 1.95 bits per heavy atom. The van der Waals surface area contributed by atoms with Crippen molar-refractivity contribution in [3.8, 4) is 11.5 Å². The molecule has 2 amide bonds. The average molecular weight is 545 g/mol. The lowest BCUT2D eigenvalue weighted by atomic mass is 9.76. The number of methoxy groups -OCH3 is 1. The van der Waals surface area contributed by atoms with Gasteiger partial charge in [-0.2, -0.15) is 0 Å². The number of fused-ring (bicyclic) bond motifs is 3. The van der Waals surface area contributed by atoms with Crippen LogP contribution in [0.2, 0.25) is 0 Å². The molecular weight excluding hydrogens is 504 g/mol. The molecule has 4 N–H and O–H groups in total. The normalized spacial score (nSPS) is 28.2. The van der Waals surface area contributed by atoms with E-state index in [0.29, 0.717) is 60.3 Å². The number of aliphatic hydroxyl groups is 3. The molecule has 10 heteroatoms. The van der Waals surface area contributed by atoms with Gasteiger partial charge in [-0.3, -0.25) is 9.59 Å². The molecule has 1 saturated carbocycles. The van der Waals surface area contributed by atoms with Crippen LogP contribution >= 0.6 is 0 Å². The maximum Gasteiger partial charge on any atom is 0.247 e. The Bertz CT molecular complexity index is 1080. The molecule has 1 aromatic rings. The number of nitrogens with one attached hydrogen (secondary N) is 1. The van der Waals surface area contributed by atoms with Gasteiger partial charge in [-0.05, 0) is 49.0 Å². The van der Waals surface area contributed by atoms with E-state index in [4.69, 9.17) is 14.2 Å². The lowest BCUT2D eigenvalue weighted by Gasteiger charge is -2.43. The quantitative estimate of drug-likeness (QED) is 0.365. The molecule has 2 fully saturated rings. The molecule has 1 aromatic carbocycles. The van der Waals surface area contributed by atoms with Crippen LogP contribution in [0.15, 0.2) is 23.8 Å². The number of hydrogen-bond donors (Lipinski definition) is 4. The lowest BCUT2D eigenvalue weighted by Crippen LogP contribution is -2.57. The van der Waals surface area contributed by atoms with Crippen molar-refractivity contribution in [1.29, 1.82) is 0 Å². The van der Waals surface area contributed by atoms with Crippen molar-refractivity contribution in [3.63, 3.8) is 0 Å². The second-order valence-electron chi connectivity index (χ2n) is 11.1. The SMILES string of the molecule is COc1cc(CO)cc2c1OC1C2C(C(=O)NCCO)=CC(N(CC2CCCCC2)C(=O)C2CCOC2)C1O. The van der Waals surface area contributed by atoms with Gasteiger partial charge < -0.3 is 39.7 Å². The molecule has 5 atom stereocenters. The minimum atomic E-state index is -1.10. The molecule has 2 aliphatic heterocycles. The second kappa shape index (κ2) is 12.2. The maximum atomic E-state index is 13.9. The highest BCUT2D eigenvalue weighted by Crippen LogP contribution is 2.51. The van der Waals surface area contributed by atoms with Gasteiger partial charge in [-0.1, -0.05) is 19.3 Å². The molecule has 1 saturated heterocycles. The third-order valence-corrected chi connectivity index (χ3v) is 8.60. The second-order valence-corrected chi connectivity index (χ2v) is 11.1. The Labute approximate surface area is 228 Å². The van der Waals surface area contributed by atoms with E-state index >= 15 is 0 Å². The van der Waals surface area contributed by atoms with Gasteiger partial charge in [0.25, 0.3) is 0 Å². The summed E-state index contributed by atoms with van der Waals surface area (Å²) in [6.07, 6.45) is 5.88. The van der Waals surface area contributed by atoms with Crippen LogP contribution < -0.4 is 14.8 Å². The van der Waals surface area contributed by atoms with Crippen LogP contribution in [0.1, 0.15) is 55.6 Å². The van der Waals surface area contributed by atoms with E-state index in [0.717, 1.165) is 25.7 Å². The average Bonchev–Trinajstić information content (AvgIpc) is 3.64. The number of amides is 2. The monoisotopic (exact) mass is 544 g/mol. The summed E-state index contributed by atoms with van der Waals surface area (Å²) < 4.78 is 17.4. The zero-order valence-electron chi connectivity index (χ0n) is 22.5. The van der Waals surface area contributed by atoms with Gasteiger partial charge in [0.15, 0.2) is 11.5 Å². The summed E-state index contributed by atoms with van der Waals surface area (Å²) in [5.74, 6) is -0.233. The fourth-order valence-corrected chi connectivity index (χ4v) is 6.59. The molecule has 0 aromatic heterocycles. The Morgan fingerprint density at radius 3 is 2.62 bits per heavy atom. The van der Waals surface area contributed by atoms with Crippen LogP contribution in [0.5, 0.6) is 11.5 Å². The Kier molecular flexibility index (Phi) is 8.76. The van der Waals surface area contributed by atoms with E-state index < -0.39 is 30.1 Å². The Hall–Kier alpha value is -2.66. The van der Waals surface area contributed by atoms with Crippen LogP contribution in [-0.4, -0.2) is 90.3 Å². The van der Waals surface area contributed by atoms with E-state index in [-0.39, 0.29) is 31.6 Å². The number of carbonyl (C=O) groups is 2. The van der Waals surface area contributed by atoms with Crippen molar-refractivity contribution >= 4 is 11.8 Å². The van der Waals surface area contributed by atoms with E-state index in [1.165, 1.54) is 13.5 Å². The number of carbonyl (C=O) groups excluding carboxylic acids is 2. The van der Waals surface area contributed by atoms with Gasteiger partial charge >= 0.3 is 0 Å². The van der Waals surface area contributed by atoms with Crippen LogP contribution in [0, 0.1) is 11.8 Å². The van der Waals surface area contributed by atoms with Gasteiger partial charge in [0.2, 0.25) is 11.8 Å². The number of nitrogens with zero attached hydrogens (tertiary/aromatic N) is 1. The minimum absolute atomic E-state index is 0.0670. The van der Waals surface area contributed by atoms with Gasteiger partial charge in [0.05, 0.1) is 44.8 Å². The zero-order chi connectivity index (χ0) is 27.5. The molecule has 39 heavy (non-hydrogen) atoms. The molecule has 2 heterocycles. The molecule has 10 nitrogen and oxygen atoms in total. The van der Waals surface area contributed by atoms with Crippen molar-refractivity contribution in [1.82, 2.24) is 10.2 Å². The van der Waals surface area contributed by atoms with Gasteiger partial charge in [0.1, 0.15) is 12.2 Å². The van der Waals surface area contributed by atoms with E-state index in [2.05, 4.69) is 5.32 Å². The third kappa shape index (κ3) is 5.52. The first-order valence-corrected chi connectivity index (χ1v) is 14.1. The van der Waals surface area contributed by atoms with Crippen molar-refractivity contribution in [3.05, 3.63) is 34.9 Å². The summed E-state index contributed by atoms with van der Waals surface area (Å²) in [5.41, 5.74) is 1.60. The maximum absolute atomic E-state index is 13.9. The smallest absolute Gasteiger partial charge is 0.247 e. The molecule has 0 radical (unpaired) electrons. The lowest BCUT2D eigenvalue weighted by molar-refractivity contribution is -0.142. The predicted octanol–water partition coefficient (Wildman–Crippen LogP) is 1.26. The standard InChI is InChI=1S/C29H40N2O8/c1-37-23-12-18(15-33)11-20-24-21(28(35)30-8-9-32)13-22(25(34)27(24)39-26(20)23)31(14-17-5-3-2-4-6-17)29(36)19-7-10-38-16-19/h11-13,17,19,22,24-25,27,32-34H,2-10,14-16H2,1H3,(H,30,35). The van der Waals surface area contributed by atoms with Crippen molar-refractivity contribution in [2.24, 2.45) is 11.8 Å². The molecule has 2 aliphatic carbocycles. The van der Waals surface area contributed by atoms with E-state index in [1.807, 2.05) is 0 Å². The predicted molar refractivity (Wildman–Crippen MR) is 141 cm³/mol. The summed E-state index contributed by atoms with van der Waals surface area (Å²) >= 11 is 0. The number of aliphatic hydroxyl groups excluding tert-OH is 3. The number of benzene rings is 1. The van der Waals surface area contributed by atoms with E-state index in [1.54, 1.807) is 23.1 Å². The fourth-order valence-electron chi connectivity index (χ4n) is 6.59. The molecular formula is C29H40N2O8. The number of rotatable bonds is 9. The molecule has 0 bridgehead atoms. The summed E-state index contributed by atoms with van der Waals surface area (Å²) in [5, 5.41) is 33.7. The number of hydrogen-bond acceptors (Lipinski definition) is 8. The third-order valence-electron chi connectivity index (χ3n) is 8.60. The minimum Gasteiger partial charge on any atom is -0.493 e. The summed E-state index contributed by atoms with van der Waals surface area (Å²) in [7, 11) is 1.50. The Balaban J connectivity index is 1.56. The molecule has 4 aliphatic rings. The van der Waals surface area contributed by atoms with Crippen molar-refractivity contribution in [2.75, 3.05) is 40.0 Å². The summed E-state index contributed by atoms with van der Waals surface area (Å²) in [6, 6.07) is 2.67. The zero-order valence-corrected chi connectivity index (χ0v) is 22.5. The largest absolute Gasteiger partial charge is 0.493 e. The highest BCUT2D eigenvalue weighted by molar-refractivity contribution is 5.96. The van der Waals surface area contributed by atoms with Crippen LogP contribution in [0.25, 0.3) is 0 Å². The van der Waals surface area contributed by atoms with E-state index in [9.17, 15) is 24.9 Å². The van der Waals surface area contributed by atoms with Gasteiger partial charge in [0, 0.05) is 30.8 Å². The summed E-state index contributed by atoms with van der Waals surface area (Å²) in [4.78, 5) is 29.1. The highest BCUT2D eigenvalue weighted by atomic mass is 16.5. The van der Waals surface area contributed by atoms with Crippen molar-refractivity contribution in [2.45, 2.75) is 69.3 Å². The Morgan fingerprint density at radius 1 is 1.15 bits per heavy atom. The fraction of sp³-hybridized carbons (Fsp3) is 0.655. The molecule has 0 spiro atoms. The molecule has 214 valence electrons. The van der Waals surface area contributed by atoms with Crippen molar-refractivity contribution < 1.29 is 39.1 Å². The molecule has 5 unspecified atom stereocenters. The first-order chi connectivity index (χ1) is 19.0.